The molecule has 0 spiro atoms. The van der Waals surface area contributed by atoms with Crippen LogP contribution in [0.15, 0.2) is 18.2 Å². The Morgan fingerprint density at radius 3 is 2.80 bits per heavy atom. The van der Waals surface area contributed by atoms with Crippen molar-refractivity contribution in [3.63, 3.8) is 0 Å². The van der Waals surface area contributed by atoms with E-state index in [9.17, 15) is 17.6 Å². The summed E-state index contributed by atoms with van der Waals surface area (Å²) < 4.78 is 35.9. The van der Waals surface area contributed by atoms with Crippen molar-refractivity contribution in [3.05, 3.63) is 29.6 Å². The van der Waals surface area contributed by atoms with Crippen molar-refractivity contribution < 1.29 is 17.6 Å². The number of aryl methyl sites for hydroxylation is 1. The topological polar surface area (TPSA) is 75.3 Å². The molecule has 1 heterocycles. The Kier molecular flexibility index (Phi) is 4.27. The van der Waals surface area contributed by atoms with E-state index in [0.29, 0.717) is 24.1 Å². The van der Waals surface area contributed by atoms with Gasteiger partial charge >= 0.3 is 6.03 Å². The van der Waals surface area contributed by atoms with Gasteiger partial charge in [0.25, 0.3) is 0 Å². The second-order valence-electron chi connectivity index (χ2n) is 5.01. The Bertz CT molecular complexity index is 616. The molecule has 2 amide bonds. The highest BCUT2D eigenvalue weighted by Gasteiger charge is 2.25. The van der Waals surface area contributed by atoms with E-state index in [1.54, 1.807) is 6.92 Å². The summed E-state index contributed by atoms with van der Waals surface area (Å²) in [5, 5.41) is 5.24. The summed E-state index contributed by atoms with van der Waals surface area (Å²) in [5.41, 5.74) is 1.11. The summed E-state index contributed by atoms with van der Waals surface area (Å²) in [5.74, 6) is -0.209. The van der Waals surface area contributed by atoms with Crippen LogP contribution < -0.4 is 10.6 Å². The number of urea groups is 1. The largest absolute Gasteiger partial charge is 0.334 e. The molecular weight excluding hydrogens is 283 g/mol. The second kappa shape index (κ2) is 5.78. The standard InChI is InChI=1S/C13H17FN2O3S/c1-9-7-10(14)4-5-12(9)16-13(17)15-11-3-2-6-20(18,19)8-11/h4-5,7,11H,2-3,6,8H2,1H3,(H2,15,16,17)/t11-/m1/s1. The molecule has 1 aromatic carbocycles. The zero-order valence-electron chi connectivity index (χ0n) is 11.1. The van der Waals surface area contributed by atoms with Gasteiger partial charge in [0, 0.05) is 11.7 Å². The highest BCUT2D eigenvalue weighted by Crippen LogP contribution is 2.16. The lowest BCUT2D eigenvalue weighted by molar-refractivity contribution is 0.248. The molecule has 2 N–H and O–H groups in total. The van der Waals surface area contributed by atoms with Crippen molar-refractivity contribution in [2.75, 3.05) is 16.8 Å². The minimum atomic E-state index is -3.06. The van der Waals surface area contributed by atoms with Gasteiger partial charge in [-0.3, -0.25) is 0 Å². The summed E-state index contributed by atoms with van der Waals surface area (Å²) in [6.45, 7) is 1.68. The van der Waals surface area contributed by atoms with Gasteiger partial charge in [-0.1, -0.05) is 0 Å². The van der Waals surface area contributed by atoms with E-state index < -0.39 is 15.9 Å². The molecule has 0 bridgehead atoms. The van der Waals surface area contributed by atoms with E-state index in [0.717, 1.165) is 0 Å². The fourth-order valence-electron chi connectivity index (χ4n) is 2.25. The first kappa shape index (κ1) is 14.8. The summed E-state index contributed by atoms with van der Waals surface area (Å²) in [6, 6.07) is 3.22. The van der Waals surface area contributed by atoms with E-state index in [-0.39, 0.29) is 23.4 Å². The van der Waals surface area contributed by atoms with Gasteiger partial charge in [0.05, 0.1) is 11.5 Å². The predicted molar refractivity (Wildman–Crippen MR) is 75.0 cm³/mol. The zero-order chi connectivity index (χ0) is 14.8. The third-order valence-corrected chi connectivity index (χ3v) is 5.06. The summed E-state index contributed by atoms with van der Waals surface area (Å²) in [4.78, 5) is 11.8. The quantitative estimate of drug-likeness (QED) is 0.875. The number of hydrogen-bond donors (Lipinski definition) is 2. The number of benzene rings is 1. The van der Waals surface area contributed by atoms with Gasteiger partial charge in [-0.15, -0.1) is 0 Å². The van der Waals surface area contributed by atoms with Crippen molar-refractivity contribution in [2.24, 2.45) is 0 Å². The third kappa shape index (κ3) is 3.93. The molecule has 1 saturated heterocycles. The van der Waals surface area contributed by atoms with Gasteiger partial charge in [-0.05, 0) is 43.5 Å². The van der Waals surface area contributed by atoms with E-state index in [1.165, 1.54) is 18.2 Å². The van der Waals surface area contributed by atoms with Crippen molar-refractivity contribution in [1.29, 1.82) is 0 Å². The molecular formula is C13H17FN2O3S. The first-order valence-corrected chi connectivity index (χ1v) is 8.22. The number of amides is 2. The molecule has 5 nitrogen and oxygen atoms in total. The Labute approximate surface area is 117 Å². The second-order valence-corrected chi connectivity index (χ2v) is 7.24. The fraction of sp³-hybridized carbons (Fsp3) is 0.462. The Morgan fingerprint density at radius 2 is 2.15 bits per heavy atom. The van der Waals surface area contributed by atoms with E-state index in [1.807, 2.05) is 0 Å². The van der Waals surface area contributed by atoms with Crippen LogP contribution in [0.3, 0.4) is 0 Å². The summed E-state index contributed by atoms with van der Waals surface area (Å²) in [6.07, 6.45) is 1.21. The minimum absolute atomic E-state index is 0.0250. The van der Waals surface area contributed by atoms with Crippen LogP contribution in [-0.4, -0.2) is 32.0 Å². The van der Waals surface area contributed by atoms with Crippen LogP contribution in [0.5, 0.6) is 0 Å². The molecule has 2 rings (SSSR count). The molecule has 1 aliphatic heterocycles. The number of halogens is 1. The Balaban J connectivity index is 1.95. The van der Waals surface area contributed by atoms with Gasteiger partial charge in [0.1, 0.15) is 5.82 Å². The van der Waals surface area contributed by atoms with Crippen LogP contribution in [0.2, 0.25) is 0 Å². The Hall–Kier alpha value is -1.63. The summed E-state index contributed by atoms with van der Waals surface area (Å²) >= 11 is 0. The first-order valence-electron chi connectivity index (χ1n) is 6.40. The van der Waals surface area contributed by atoms with Gasteiger partial charge in [-0.25, -0.2) is 17.6 Å². The number of hydrogen-bond acceptors (Lipinski definition) is 3. The average Bonchev–Trinajstić information content (AvgIpc) is 2.31. The molecule has 1 aromatic rings. The van der Waals surface area contributed by atoms with Gasteiger partial charge in [0.2, 0.25) is 0 Å². The van der Waals surface area contributed by atoms with Crippen LogP contribution in [0.25, 0.3) is 0 Å². The van der Waals surface area contributed by atoms with Crippen molar-refractivity contribution in [1.82, 2.24) is 5.32 Å². The van der Waals surface area contributed by atoms with Crippen molar-refractivity contribution >= 4 is 21.6 Å². The number of rotatable bonds is 2. The fourth-order valence-corrected chi connectivity index (χ4v) is 3.88. The maximum atomic E-state index is 12.9. The smallest absolute Gasteiger partial charge is 0.319 e. The van der Waals surface area contributed by atoms with Gasteiger partial charge in [-0.2, -0.15) is 0 Å². The van der Waals surface area contributed by atoms with Crippen LogP contribution in [0, 0.1) is 12.7 Å². The average molecular weight is 300 g/mol. The Morgan fingerprint density at radius 1 is 1.40 bits per heavy atom. The molecule has 110 valence electrons. The molecule has 1 aliphatic rings. The molecule has 0 aromatic heterocycles. The highest BCUT2D eigenvalue weighted by atomic mass is 32.2. The van der Waals surface area contributed by atoms with Crippen LogP contribution in [-0.2, 0) is 9.84 Å². The van der Waals surface area contributed by atoms with Gasteiger partial charge in [0.15, 0.2) is 9.84 Å². The van der Waals surface area contributed by atoms with E-state index >= 15 is 0 Å². The maximum Gasteiger partial charge on any atom is 0.319 e. The van der Waals surface area contributed by atoms with E-state index in [2.05, 4.69) is 10.6 Å². The van der Waals surface area contributed by atoms with Crippen LogP contribution in [0.1, 0.15) is 18.4 Å². The molecule has 1 fully saturated rings. The number of sulfone groups is 1. The molecule has 1 atom stereocenters. The van der Waals surface area contributed by atoms with Crippen molar-refractivity contribution in [2.45, 2.75) is 25.8 Å². The molecule has 0 saturated carbocycles. The van der Waals surface area contributed by atoms with Crippen LogP contribution >= 0.6 is 0 Å². The highest BCUT2D eigenvalue weighted by molar-refractivity contribution is 7.91. The number of carbonyl (C=O) groups excluding carboxylic acids is 1. The summed E-state index contributed by atoms with van der Waals surface area (Å²) in [7, 11) is -3.06. The molecule has 0 radical (unpaired) electrons. The lowest BCUT2D eigenvalue weighted by Gasteiger charge is -2.23. The molecule has 7 heteroatoms. The third-order valence-electron chi connectivity index (χ3n) is 3.23. The lowest BCUT2D eigenvalue weighted by atomic mass is 10.2. The number of carbonyl (C=O) groups is 1. The number of anilines is 1. The molecule has 0 unspecified atom stereocenters. The zero-order valence-corrected chi connectivity index (χ0v) is 12.0. The monoisotopic (exact) mass is 300 g/mol. The lowest BCUT2D eigenvalue weighted by Crippen LogP contribution is -2.45. The molecule has 0 aliphatic carbocycles. The number of nitrogens with one attached hydrogen (secondary N) is 2. The SMILES string of the molecule is Cc1cc(F)ccc1NC(=O)N[C@@H]1CCCS(=O)(=O)C1. The molecule has 20 heavy (non-hydrogen) atoms. The first-order chi connectivity index (χ1) is 9.35. The predicted octanol–water partition coefficient (Wildman–Crippen LogP) is 1.83. The normalized spacial score (nSPS) is 21.2. The van der Waals surface area contributed by atoms with E-state index in [4.69, 9.17) is 0 Å². The van der Waals surface area contributed by atoms with Crippen molar-refractivity contribution in [3.8, 4) is 0 Å². The minimum Gasteiger partial charge on any atom is -0.334 e. The van der Waals surface area contributed by atoms with Gasteiger partial charge < -0.3 is 10.6 Å². The maximum absolute atomic E-state index is 12.9. The van der Waals surface area contributed by atoms with Crippen LogP contribution in [0.4, 0.5) is 14.9 Å².